The van der Waals surface area contributed by atoms with Gasteiger partial charge in [-0.25, -0.2) is 4.39 Å². The van der Waals surface area contributed by atoms with Crippen molar-refractivity contribution in [3.05, 3.63) is 60.0 Å². The van der Waals surface area contributed by atoms with E-state index in [0.29, 0.717) is 0 Å². The summed E-state index contributed by atoms with van der Waals surface area (Å²) >= 11 is 0. The number of aryl methyl sites for hydroxylation is 1. The summed E-state index contributed by atoms with van der Waals surface area (Å²) < 4.78 is 13.2. The first kappa shape index (κ1) is 16.6. The van der Waals surface area contributed by atoms with Crippen molar-refractivity contribution in [1.29, 1.82) is 0 Å². The highest BCUT2D eigenvalue weighted by molar-refractivity contribution is 5.80. The van der Waals surface area contributed by atoms with E-state index in [1.165, 1.54) is 17.8 Å². The van der Waals surface area contributed by atoms with Crippen molar-refractivity contribution in [3.63, 3.8) is 0 Å². The molecule has 0 aliphatic carbocycles. The molecule has 0 bridgehead atoms. The highest BCUT2D eigenvalue weighted by Crippen LogP contribution is 2.32. The Bertz CT molecular complexity index is 881. The van der Waals surface area contributed by atoms with Crippen LogP contribution in [-0.2, 0) is 0 Å². The minimum atomic E-state index is -0.242. The van der Waals surface area contributed by atoms with Gasteiger partial charge in [0.05, 0.1) is 0 Å². The second-order valence-corrected chi connectivity index (χ2v) is 6.49. The van der Waals surface area contributed by atoms with E-state index in [2.05, 4.69) is 43.9 Å². The Morgan fingerprint density at radius 2 is 1.85 bits per heavy atom. The third-order valence-corrected chi connectivity index (χ3v) is 4.67. The van der Waals surface area contributed by atoms with Crippen molar-refractivity contribution in [2.45, 2.75) is 6.92 Å². The number of halogens is 1. The molecule has 0 amide bonds. The average molecular weight is 351 g/mol. The fourth-order valence-electron chi connectivity index (χ4n) is 3.33. The van der Waals surface area contributed by atoms with Gasteiger partial charge in [-0.2, -0.15) is 5.10 Å². The van der Waals surface area contributed by atoms with E-state index >= 15 is 0 Å². The van der Waals surface area contributed by atoms with Gasteiger partial charge >= 0.3 is 0 Å². The van der Waals surface area contributed by atoms with Crippen molar-refractivity contribution in [2.24, 2.45) is 0 Å². The molecule has 0 spiro atoms. The van der Waals surface area contributed by atoms with Gasteiger partial charge in [-0.05, 0) is 42.8 Å². The lowest BCUT2D eigenvalue weighted by atomic mass is 10.1. The van der Waals surface area contributed by atoms with E-state index in [0.717, 1.165) is 54.5 Å². The highest BCUT2D eigenvalue weighted by atomic mass is 19.1. The Morgan fingerprint density at radius 3 is 2.62 bits per heavy atom. The molecular formula is C20H22FN5. The maximum Gasteiger partial charge on any atom is 0.160 e. The summed E-state index contributed by atoms with van der Waals surface area (Å²) in [5.41, 5.74) is 5.01. The molecule has 4 rings (SSSR count). The zero-order valence-corrected chi connectivity index (χ0v) is 14.7. The number of anilines is 3. The van der Waals surface area contributed by atoms with Crippen molar-refractivity contribution >= 4 is 17.2 Å². The molecule has 0 unspecified atom stereocenters. The summed E-state index contributed by atoms with van der Waals surface area (Å²) in [7, 11) is 0. The Labute approximate surface area is 152 Å². The molecule has 26 heavy (non-hydrogen) atoms. The van der Waals surface area contributed by atoms with E-state index in [9.17, 15) is 4.39 Å². The van der Waals surface area contributed by atoms with E-state index < -0.39 is 0 Å². The maximum atomic E-state index is 13.2. The van der Waals surface area contributed by atoms with E-state index in [1.54, 1.807) is 12.1 Å². The topological polar surface area (TPSA) is 56.0 Å². The van der Waals surface area contributed by atoms with Crippen LogP contribution in [0.25, 0.3) is 11.1 Å². The molecule has 6 heteroatoms. The predicted molar refractivity (Wildman–Crippen MR) is 104 cm³/mol. The van der Waals surface area contributed by atoms with Crippen molar-refractivity contribution in [1.82, 2.24) is 15.5 Å². The van der Waals surface area contributed by atoms with Gasteiger partial charge in [-0.1, -0.05) is 18.2 Å². The first-order valence-electron chi connectivity index (χ1n) is 8.84. The van der Waals surface area contributed by atoms with Crippen molar-refractivity contribution in [3.8, 4) is 11.1 Å². The predicted octanol–water partition coefficient (Wildman–Crippen LogP) is 3.68. The van der Waals surface area contributed by atoms with Gasteiger partial charge < -0.3 is 15.5 Å². The normalized spacial score (nSPS) is 14.5. The van der Waals surface area contributed by atoms with Gasteiger partial charge in [-0.3, -0.25) is 5.10 Å². The van der Waals surface area contributed by atoms with Crippen LogP contribution in [0.5, 0.6) is 0 Å². The fraction of sp³-hybridized carbons (Fsp3) is 0.250. The molecule has 0 radical (unpaired) electrons. The second-order valence-electron chi connectivity index (χ2n) is 6.49. The third-order valence-electron chi connectivity index (χ3n) is 4.67. The van der Waals surface area contributed by atoms with Crippen LogP contribution in [0.1, 0.15) is 5.69 Å². The molecule has 3 aromatic rings. The van der Waals surface area contributed by atoms with Crippen molar-refractivity contribution < 1.29 is 4.39 Å². The Balaban J connectivity index is 1.61. The van der Waals surface area contributed by atoms with Crippen LogP contribution in [0.4, 0.5) is 21.6 Å². The number of aromatic amines is 1. The Kier molecular flexibility index (Phi) is 4.58. The summed E-state index contributed by atoms with van der Waals surface area (Å²) in [6.07, 6.45) is 0. The van der Waals surface area contributed by atoms with Crippen LogP contribution < -0.4 is 15.5 Å². The van der Waals surface area contributed by atoms with Crippen LogP contribution >= 0.6 is 0 Å². The minimum absolute atomic E-state index is 0.242. The summed E-state index contributed by atoms with van der Waals surface area (Å²) in [5, 5.41) is 14.2. The number of nitrogens with one attached hydrogen (secondary N) is 3. The first-order chi connectivity index (χ1) is 12.7. The van der Waals surface area contributed by atoms with E-state index in [4.69, 9.17) is 0 Å². The number of aromatic nitrogens is 2. The largest absolute Gasteiger partial charge is 0.369 e. The zero-order valence-electron chi connectivity index (χ0n) is 14.7. The SMILES string of the molecule is Cc1[nH]nc(Nc2cccc(N3CCNCC3)c2)c1-c1ccc(F)cc1. The van der Waals surface area contributed by atoms with Gasteiger partial charge in [0.2, 0.25) is 0 Å². The highest BCUT2D eigenvalue weighted by Gasteiger charge is 2.14. The number of rotatable bonds is 4. The molecule has 1 saturated heterocycles. The van der Waals surface area contributed by atoms with E-state index in [1.807, 2.05) is 13.0 Å². The standard InChI is InChI=1S/C20H22FN5/c1-14-19(15-5-7-16(21)8-6-15)20(25-24-14)23-17-3-2-4-18(13-17)26-11-9-22-10-12-26/h2-8,13,22H,9-12H2,1H3,(H2,23,24,25). The molecule has 1 fully saturated rings. The Morgan fingerprint density at radius 1 is 1.08 bits per heavy atom. The average Bonchev–Trinajstić information content (AvgIpc) is 3.04. The smallest absolute Gasteiger partial charge is 0.160 e. The number of nitrogens with zero attached hydrogens (tertiary/aromatic N) is 2. The van der Waals surface area contributed by atoms with Gasteiger partial charge in [0.15, 0.2) is 5.82 Å². The van der Waals surface area contributed by atoms with E-state index in [-0.39, 0.29) is 5.82 Å². The molecule has 3 N–H and O–H groups in total. The summed E-state index contributed by atoms with van der Waals surface area (Å²) in [6, 6.07) is 14.8. The number of benzene rings is 2. The van der Waals surface area contributed by atoms with Gasteiger partial charge in [-0.15, -0.1) is 0 Å². The third kappa shape index (κ3) is 3.41. The second kappa shape index (κ2) is 7.17. The molecule has 0 saturated carbocycles. The van der Waals surface area contributed by atoms with Gasteiger partial charge in [0, 0.05) is 48.8 Å². The quantitative estimate of drug-likeness (QED) is 0.671. The molecule has 1 aliphatic rings. The Hall–Kier alpha value is -2.86. The summed E-state index contributed by atoms with van der Waals surface area (Å²) in [5.74, 6) is 0.500. The number of hydrogen-bond donors (Lipinski definition) is 3. The number of H-pyrrole nitrogens is 1. The lowest BCUT2D eigenvalue weighted by Crippen LogP contribution is -2.43. The number of hydrogen-bond acceptors (Lipinski definition) is 4. The van der Waals surface area contributed by atoms with Gasteiger partial charge in [0.25, 0.3) is 0 Å². The zero-order chi connectivity index (χ0) is 17.9. The summed E-state index contributed by atoms with van der Waals surface area (Å²) in [6.45, 7) is 5.99. The molecule has 1 aromatic heterocycles. The van der Waals surface area contributed by atoms with Crippen molar-refractivity contribution in [2.75, 3.05) is 36.4 Å². The van der Waals surface area contributed by atoms with Crippen LogP contribution in [0.15, 0.2) is 48.5 Å². The fourth-order valence-corrected chi connectivity index (χ4v) is 3.33. The lowest BCUT2D eigenvalue weighted by molar-refractivity contribution is 0.589. The maximum absolute atomic E-state index is 13.2. The monoisotopic (exact) mass is 351 g/mol. The molecule has 0 atom stereocenters. The molecule has 2 aromatic carbocycles. The molecule has 5 nitrogen and oxygen atoms in total. The van der Waals surface area contributed by atoms with Crippen LogP contribution in [0.2, 0.25) is 0 Å². The molecule has 1 aliphatic heterocycles. The van der Waals surface area contributed by atoms with Crippen LogP contribution in [0.3, 0.4) is 0 Å². The molecular weight excluding hydrogens is 329 g/mol. The van der Waals surface area contributed by atoms with Crippen LogP contribution in [0, 0.1) is 12.7 Å². The number of piperazine rings is 1. The molecule has 2 heterocycles. The minimum Gasteiger partial charge on any atom is -0.369 e. The van der Waals surface area contributed by atoms with Crippen LogP contribution in [-0.4, -0.2) is 36.4 Å². The summed E-state index contributed by atoms with van der Waals surface area (Å²) in [4.78, 5) is 2.37. The van der Waals surface area contributed by atoms with Gasteiger partial charge in [0.1, 0.15) is 5.82 Å². The first-order valence-corrected chi connectivity index (χ1v) is 8.84. The molecule has 134 valence electrons. The lowest BCUT2D eigenvalue weighted by Gasteiger charge is -2.29.